The highest BCUT2D eigenvalue weighted by Crippen LogP contribution is 2.19. The molecule has 1 heterocycles. The van der Waals surface area contributed by atoms with Crippen molar-refractivity contribution in [2.45, 2.75) is 6.92 Å². The van der Waals surface area contributed by atoms with Gasteiger partial charge in [-0.15, -0.1) is 5.10 Å². The van der Waals surface area contributed by atoms with Gasteiger partial charge in [0.05, 0.1) is 0 Å². The number of nitrogens with zero attached hydrogens (tertiary/aromatic N) is 2. The third-order valence-corrected chi connectivity index (χ3v) is 2.81. The highest BCUT2D eigenvalue weighted by molar-refractivity contribution is 6.02. The van der Waals surface area contributed by atoms with E-state index in [0.717, 1.165) is 16.5 Å². The molecular formula is C14H12N4O. The quantitative estimate of drug-likeness (QED) is 0.736. The molecule has 94 valence electrons. The number of anilines is 1. The van der Waals surface area contributed by atoms with Crippen LogP contribution in [0.4, 0.5) is 5.69 Å². The van der Waals surface area contributed by atoms with Crippen molar-refractivity contribution >= 4 is 22.4 Å². The van der Waals surface area contributed by atoms with Crippen molar-refractivity contribution in [2.75, 3.05) is 5.32 Å². The van der Waals surface area contributed by atoms with Gasteiger partial charge in [-0.1, -0.05) is 30.3 Å². The van der Waals surface area contributed by atoms with Crippen LogP contribution in [0.2, 0.25) is 0 Å². The second kappa shape index (κ2) is 4.53. The predicted octanol–water partition coefficient (Wildman–Crippen LogP) is 2.52. The van der Waals surface area contributed by atoms with E-state index in [1.54, 1.807) is 6.92 Å². The molecule has 0 atom stereocenters. The maximum atomic E-state index is 11.9. The van der Waals surface area contributed by atoms with E-state index in [1.807, 2.05) is 42.5 Å². The number of hydrogen-bond donors (Lipinski definition) is 2. The lowest BCUT2D eigenvalue weighted by Crippen LogP contribution is -2.13. The highest BCUT2D eigenvalue weighted by Gasteiger charge is 2.11. The zero-order valence-corrected chi connectivity index (χ0v) is 10.3. The van der Waals surface area contributed by atoms with E-state index in [4.69, 9.17) is 0 Å². The van der Waals surface area contributed by atoms with Crippen molar-refractivity contribution in [3.63, 3.8) is 0 Å². The van der Waals surface area contributed by atoms with Crippen molar-refractivity contribution in [3.8, 4) is 0 Å². The van der Waals surface area contributed by atoms with E-state index in [0.29, 0.717) is 5.82 Å². The smallest absolute Gasteiger partial charge is 0.295 e. The van der Waals surface area contributed by atoms with Crippen LogP contribution in [0.1, 0.15) is 16.4 Å². The van der Waals surface area contributed by atoms with Gasteiger partial charge in [0.2, 0.25) is 5.82 Å². The number of carbonyl (C=O) groups excluding carboxylic acids is 1. The van der Waals surface area contributed by atoms with Gasteiger partial charge in [0.25, 0.3) is 5.91 Å². The summed E-state index contributed by atoms with van der Waals surface area (Å²) < 4.78 is 0. The average Bonchev–Trinajstić information content (AvgIpc) is 2.85. The Labute approximate surface area is 109 Å². The largest absolute Gasteiger partial charge is 0.319 e. The van der Waals surface area contributed by atoms with E-state index in [2.05, 4.69) is 20.5 Å². The van der Waals surface area contributed by atoms with Gasteiger partial charge in [0.1, 0.15) is 5.82 Å². The van der Waals surface area contributed by atoms with Gasteiger partial charge < -0.3 is 5.32 Å². The molecule has 0 saturated carbocycles. The third kappa shape index (κ3) is 2.30. The Morgan fingerprint density at radius 3 is 2.68 bits per heavy atom. The summed E-state index contributed by atoms with van der Waals surface area (Å²) in [5.74, 6) is 0.439. The molecule has 0 aliphatic heterocycles. The molecule has 0 saturated heterocycles. The van der Waals surface area contributed by atoms with Gasteiger partial charge in [-0.2, -0.15) is 0 Å². The monoisotopic (exact) mass is 252 g/mol. The van der Waals surface area contributed by atoms with Crippen LogP contribution in [-0.2, 0) is 0 Å². The number of carbonyl (C=O) groups is 1. The molecular weight excluding hydrogens is 240 g/mol. The van der Waals surface area contributed by atoms with Gasteiger partial charge in [-0.3, -0.25) is 9.89 Å². The Kier molecular flexibility index (Phi) is 2.72. The Morgan fingerprint density at radius 2 is 1.95 bits per heavy atom. The van der Waals surface area contributed by atoms with Crippen molar-refractivity contribution in [2.24, 2.45) is 0 Å². The van der Waals surface area contributed by atoms with Crippen LogP contribution >= 0.6 is 0 Å². The molecule has 0 unspecified atom stereocenters. The lowest BCUT2D eigenvalue weighted by atomic mass is 10.1. The minimum atomic E-state index is -0.320. The number of amides is 1. The maximum Gasteiger partial charge on any atom is 0.295 e. The predicted molar refractivity (Wildman–Crippen MR) is 73.0 cm³/mol. The number of fused-ring (bicyclic) bond motifs is 1. The van der Waals surface area contributed by atoms with Gasteiger partial charge in [0.15, 0.2) is 0 Å². The van der Waals surface area contributed by atoms with Crippen LogP contribution in [0.5, 0.6) is 0 Å². The van der Waals surface area contributed by atoms with Crippen molar-refractivity contribution < 1.29 is 4.79 Å². The molecule has 2 aromatic carbocycles. The summed E-state index contributed by atoms with van der Waals surface area (Å²) in [7, 11) is 0. The van der Waals surface area contributed by atoms with Crippen LogP contribution in [0.25, 0.3) is 10.8 Å². The summed E-state index contributed by atoms with van der Waals surface area (Å²) >= 11 is 0. The van der Waals surface area contributed by atoms with E-state index in [-0.39, 0.29) is 11.7 Å². The second-order valence-corrected chi connectivity index (χ2v) is 4.26. The normalized spacial score (nSPS) is 10.6. The molecule has 1 aromatic heterocycles. The molecule has 0 aliphatic rings. The van der Waals surface area contributed by atoms with Crippen LogP contribution in [0.15, 0.2) is 42.5 Å². The molecule has 3 aromatic rings. The molecule has 19 heavy (non-hydrogen) atoms. The van der Waals surface area contributed by atoms with Crippen molar-refractivity contribution in [1.82, 2.24) is 15.2 Å². The van der Waals surface area contributed by atoms with E-state index in [9.17, 15) is 4.79 Å². The first-order chi connectivity index (χ1) is 9.22. The highest BCUT2D eigenvalue weighted by atomic mass is 16.2. The fourth-order valence-electron chi connectivity index (χ4n) is 1.90. The first-order valence-corrected chi connectivity index (χ1v) is 5.91. The minimum absolute atomic E-state index is 0.144. The number of benzene rings is 2. The Morgan fingerprint density at radius 1 is 1.16 bits per heavy atom. The maximum absolute atomic E-state index is 11.9. The first-order valence-electron chi connectivity index (χ1n) is 5.91. The first kappa shape index (κ1) is 11.4. The summed E-state index contributed by atoms with van der Waals surface area (Å²) in [6, 6.07) is 13.7. The lowest BCUT2D eigenvalue weighted by molar-refractivity contribution is 0.101. The number of aromatic nitrogens is 3. The van der Waals surface area contributed by atoms with Crippen molar-refractivity contribution in [1.29, 1.82) is 0 Å². The summed E-state index contributed by atoms with van der Waals surface area (Å²) in [4.78, 5) is 15.9. The number of rotatable bonds is 2. The van der Waals surface area contributed by atoms with Gasteiger partial charge in [0, 0.05) is 5.69 Å². The molecule has 0 fully saturated rings. The molecule has 0 aliphatic carbocycles. The number of aromatic amines is 1. The zero-order chi connectivity index (χ0) is 13.2. The van der Waals surface area contributed by atoms with Crippen LogP contribution in [0.3, 0.4) is 0 Å². The molecule has 2 N–H and O–H groups in total. The van der Waals surface area contributed by atoms with Crippen LogP contribution in [-0.4, -0.2) is 21.1 Å². The molecule has 3 rings (SSSR count). The average molecular weight is 252 g/mol. The van der Waals surface area contributed by atoms with Crippen molar-refractivity contribution in [3.05, 3.63) is 54.1 Å². The fraction of sp³-hybridized carbons (Fsp3) is 0.0714. The number of H-pyrrole nitrogens is 1. The summed E-state index contributed by atoms with van der Waals surface area (Å²) in [6.07, 6.45) is 0. The number of aryl methyl sites for hydroxylation is 1. The summed E-state index contributed by atoms with van der Waals surface area (Å²) in [5, 5.41) is 11.5. The third-order valence-electron chi connectivity index (χ3n) is 2.81. The second-order valence-electron chi connectivity index (χ2n) is 4.26. The lowest BCUT2D eigenvalue weighted by Gasteiger charge is -2.04. The van der Waals surface area contributed by atoms with E-state index >= 15 is 0 Å². The van der Waals surface area contributed by atoms with E-state index in [1.165, 1.54) is 0 Å². The Hall–Kier alpha value is -2.69. The standard InChI is InChI=1S/C14H12N4O/c1-9-15-13(18-17-9)14(19)16-12-7-6-10-4-2-3-5-11(10)8-12/h2-8H,1H3,(H,16,19)(H,15,17,18). The SMILES string of the molecule is Cc1nc(C(=O)Nc2ccc3ccccc3c2)n[nH]1. The number of nitrogens with one attached hydrogen (secondary N) is 2. The van der Waals surface area contributed by atoms with Crippen LogP contribution < -0.4 is 5.32 Å². The van der Waals surface area contributed by atoms with E-state index < -0.39 is 0 Å². The fourth-order valence-corrected chi connectivity index (χ4v) is 1.90. The van der Waals surface area contributed by atoms with Gasteiger partial charge in [-0.05, 0) is 29.8 Å². The molecule has 5 heteroatoms. The summed E-state index contributed by atoms with van der Waals surface area (Å²) in [6.45, 7) is 1.75. The van der Waals surface area contributed by atoms with Gasteiger partial charge >= 0.3 is 0 Å². The molecule has 0 spiro atoms. The molecule has 0 bridgehead atoms. The number of hydrogen-bond acceptors (Lipinski definition) is 3. The van der Waals surface area contributed by atoms with Gasteiger partial charge in [-0.25, -0.2) is 4.98 Å². The molecule has 5 nitrogen and oxygen atoms in total. The Bertz CT molecular complexity index is 748. The summed E-state index contributed by atoms with van der Waals surface area (Å²) in [5.41, 5.74) is 0.728. The minimum Gasteiger partial charge on any atom is -0.319 e. The topological polar surface area (TPSA) is 70.7 Å². The zero-order valence-electron chi connectivity index (χ0n) is 10.3. The molecule has 1 amide bonds. The molecule has 0 radical (unpaired) electrons. The van der Waals surface area contributed by atoms with Crippen LogP contribution in [0, 0.1) is 6.92 Å². The Balaban J connectivity index is 1.87.